The van der Waals surface area contributed by atoms with Crippen LogP contribution in [-0.2, 0) is 0 Å². The summed E-state index contributed by atoms with van der Waals surface area (Å²) in [6.07, 6.45) is 5.68. The molecule has 0 fully saturated rings. The number of nitrogens with zero attached hydrogens (tertiary/aromatic N) is 11. The van der Waals surface area contributed by atoms with Crippen LogP contribution < -0.4 is 60.3 Å². The summed E-state index contributed by atoms with van der Waals surface area (Å²) in [5.41, 5.74) is 35.5. The highest BCUT2D eigenvalue weighted by Crippen LogP contribution is 2.58. The van der Waals surface area contributed by atoms with Gasteiger partial charge in [0.25, 0.3) is 0 Å². The van der Waals surface area contributed by atoms with Crippen molar-refractivity contribution in [1.29, 1.82) is 0 Å². The minimum Gasteiger partial charge on any atom is -0.454 e. The van der Waals surface area contributed by atoms with E-state index in [1.165, 1.54) is 164 Å². The molecule has 14 heterocycles. The number of rotatable bonds is 4. The van der Waals surface area contributed by atoms with Gasteiger partial charge in [-0.1, -0.05) is 261 Å². The normalized spacial score (nSPS) is 13.7. The number of benzene rings is 16. The van der Waals surface area contributed by atoms with Crippen LogP contribution in [0.2, 0.25) is 0 Å². The molecule has 0 unspecified atom stereocenters. The van der Waals surface area contributed by atoms with Crippen molar-refractivity contribution in [2.24, 2.45) is 0 Å². The van der Waals surface area contributed by atoms with Crippen molar-refractivity contribution in [2.75, 3.05) is 38.5 Å². The predicted octanol–water partition coefficient (Wildman–Crippen LogP) is 26.2. The van der Waals surface area contributed by atoms with Gasteiger partial charge < -0.3 is 42.9 Å². The van der Waals surface area contributed by atoms with Gasteiger partial charge in [0.05, 0.1) is 73.0 Å². The van der Waals surface area contributed by atoms with Gasteiger partial charge in [-0.15, -0.1) is 22.7 Å². The van der Waals surface area contributed by atoms with Crippen LogP contribution in [-0.4, -0.2) is 42.9 Å². The lowest BCUT2D eigenvalue weighted by molar-refractivity contribution is 0.669. The van der Waals surface area contributed by atoms with Crippen molar-refractivity contribution in [2.45, 2.75) is 0 Å². The van der Waals surface area contributed by atoms with Gasteiger partial charge in [-0.25, -0.2) is 0 Å². The van der Waals surface area contributed by atoms with Crippen molar-refractivity contribution in [1.82, 2.24) is 15.0 Å². The Kier molecular flexibility index (Phi) is 16.6. The van der Waals surface area contributed by atoms with E-state index < -0.39 is 0 Å². The highest BCUT2D eigenvalue weighted by Gasteiger charge is 2.53. The number of hydrogen-bond donors (Lipinski definition) is 0. The Morgan fingerprint density at radius 2 is 0.535 bits per heavy atom. The number of furan rings is 1. The van der Waals surface area contributed by atoms with Gasteiger partial charge in [0.2, 0.25) is 0 Å². The summed E-state index contributed by atoms with van der Waals surface area (Å²) in [5, 5.41) is 7.58. The quantitative estimate of drug-likeness (QED) is 0.158. The van der Waals surface area contributed by atoms with Gasteiger partial charge in [-0.2, -0.15) is 0 Å². The van der Waals surface area contributed by atoms with Crippen molar-refractivity contribution < 1.29 is 4.42 Å². The van der Waals surface area contributed by atoms with Crippen LogP contribution >= 0.6 is 22.7 Å². The Labute approximate surface area is 754 Å². The van der Waals surface area contributed by atoms with Crippen LogP contribution in [0.4, 0.5) is 91.0 Å². The maximum absolute atomic E-state index is 6.47. The maximum Gasteiger partial charge on any atom is 0.423 e. The van der Waals surface area contributed by atoms with Crippen molar-refractivity contribution >= 4 is 226 Å². The first-order valence-electron chi connectivity index (χ1n) is 43.9. The molecule has 30 rings (SSSR count). The number of pyridine rings is 3. The molecule has 16 aromatic carbocycles. The minimum atomic E-state index is -0.0604. The Morgan fingerprint density at radius 3 is 1.06 bits per heavy atom. The van der Waals surface area contributed by atoms with Gasteiger partial charge in [0, 0.05) is 127 Å². The summed E-state index contributed by atoms with van der Waals surface area (Å²) in [6.45, 7) is 0.0795. The maximum atomic E-state index is 6.47. The minimum absolute atomic E-state index is 0.00631. The number of anilines is 16. The van der Waals surface area contributed by atoms with Crippen molar-refractivity contribution in [3.8, 4) is 44.9 Å². The first-order valence-corrected chi connectivity index (χ1v) is 45.5. The van der Waals surface area contributed by atoms with Gasteiger partial charge in [0.1, 0.15) is 5.58 Å². The third-order valence-corrected chi connectivity index (χ3v) is 29.2. The molecule has 8 aliphatic rings. The van der Waals surface area contributed by atoms with E-state index in [-0.39, 0.29) is 27.9 Å². The Bertz CT molecular complexity index is 8050. The van der Waals surface area contributed by atoms with Crippen LogP contribution in [0.5, 0.6) is 0 Å². The van der Waals surface area contributed by atoms with E-state index in [0.29, 0.717) is 0 Å². The van der Waals surface area contributed by atoms with Gasteiger partial charge >= 0.3 is 27.9 Å². The second-order valence-electron chi connectivity index (χ2n) is 33.5. The van der Waals surface area contributed by atoms with Gasteiger partial charge in [0.15, 0.2) is 5.58 Å². The fourth-order valence-electron chi connectivity index (χ4n) is 21.6. The SMILES string of the molecule is c1ccc(N2B3c4cccnc4-c4ccccc4N3c3ccccc32)cc1.c1ccc2c(c1)B1N(c3ccc4sc5ccccc5c4c3)c3ccccc3N1c1ccccc1-2.c1cnc2c(c1)B1N(c3ccccc3-2)c2ccccc2N1c1cccc2c1oc1ccccc12.c1cnc2c(c1)B1N(c3ccccc3-2)c2ccccc2N1c1cccc2c1sc1ccccc12. The second-order valence-corrected chi connectivity index (χ2v) is 35.6. The fourth-order valence-corrected chi connectivity index (χ4v) is 23.9. The molecule has 0 saturated heterocycles. The molecule has 0 N–H and O–H groups in total. The standard InChI is InChI=1S/C30H19BN2S.C29H18BN3O.C29H18BN3S.C23H16BN3/c1-4-12-25-21(9-1)22-10-2-5-13-26(22)33-28-15-7-6-14-27(28)32(31(25)33)20-17-18-30-24(19-20)23-11-3-8-16-29(23)34-30;2*1-3-13-23-21(10-1)28-22(12-8-18-31-28)30-32(23)24-14-4-5-15-25(24)33(30)26-16-7-11-20-19-9-2-6-17-27(19)34-29(20)26;1-2-9-17(10-3-1)26-21-14-6-7-15-22(21)27-20-13-5-4-11-18(20)23-19(24(26)27)12-8-16-25-23/h1-19H;2*1-18H;1-16H. The van der Waals surface area contributed by atoms with Crippen molar-refractivity contribution in [3.05, 3.63) is 431 Å². The summed E-state index contributed by atoms with van der Waals surface area (Å²) >= 11 is 3.75. The Hall–Kier alpha value is -16.1. The molecule has 0 amide bonds. The largest absolute Gasteiger partial charge is 0.454 e. The summed E-state index contributed by atoms with van der Waals surface area (Å²) in [7, 11) is 0. The highest BCUT2D eigenvalue weighted by molar-refractivity contribution is 7.26. The predicted molar refractivity (Wildman–Crippen MR) is 544 cm³/mol. The zero-order valence-corrected chi connectivity index (χ0v) is 71.1. The average Bonchev–Trinajstić information content (AvgIpc) is 1.55. The Morgan fingerprint density at radius 1 is 0.202 bits per heavy atom. The van der Waals surface area contributed by atoms with Crippen LogP contribution in [0.1, 0.15) is 0 Å². The molecule has 0 bridgehead atoms. The molecule has 0 spiro atoms. The molecule has 6 aromatic heterocycles. The number of fused-ring (bicyclic) bond motifs is 41. The lowest BCUT2D eigenvalue weighted by atomic mass is 9.59. The Balaban J connectivity index is 0.0000000890. The zero-order chi connectivity index (χ0) is 84.5. The molecule has 129 heavy (non-hydrogen) atoms. The van der Waals surface area contributed by atoms with E-state index in [4.69, 9.17) is 19.4 Å². The molecule has 22 aromatic rings. The third-order valence-electron chi connectivity index (χ3n) is 26.8. The van der Waals surface area contributed by atoms with Crippen LogP contribution in [0.3, 0.4) is 0 Å². The van der Waals surface area contributed by atoms with Crippen LogP contribution in [0.15, 0.2) is 436 Å². The van der Waals surface area contributed by atoms with E-state index in [9.17, 15) is 0 Å². The summed E-state index contributed by atoms with van der Waals surface area (Å²) in [4.78, 5) is 34.2. The molecule has 0 aliphatic carbocycles. The smallest absolute Gasteiger partial charge is 0.423 e. The first-order chi connectivity index (χ1) is 64.1. The van der Waals surface area contributed by atoms with E-state index in [1.54, 1.807) is 0 Å². The van der Waals surface area contributed by atoms with E-state index in [1.807, 2.05) is 65.5 Å². The van der Waals surface area contributed by atoms with E-state index in [0.717, 1.165) is 56.0 Å². The van der Waals surface area contributed by atoms with Gasteiger partial charge in [-0.3, -0.25) is 15.0 Å². The first kappa shape index (κ1) is 73.2. The number of aromatic nitrogens is 3. The molecule has 0 saturated carbocycles. The molecule has 0 radical (unpaired) electrons. The highest BCUT2D eigenvalue weighted by atomic mass is 32.1. The van der Waals surface area contributed by atoms with Crippen LogP contribution in [0.25, 0.3) is 107 Å². The fraction of sp³-hybridized carbons (Fsp3) is 0. The molecule has 12 nitrogen and oxygen atoms in total. The number of thiophene rings is 2. The molecular weight excluding hydrogens is 1610 g/mol. The van der Waals surface area contributed by atoms with Crippen LogP contribution in [0, 0.1) is 0 Å². The topological polar surface area (TPSA) is 77.7 Å². The summed E-state index contributed by atoms with van der Waals surface area (Å²) < 4.78 is 11.8. The molecule has 8 aliphatic heterocycles. The molecule has 600 valence electrons. The lowest BCUT2D eigenvalue weighted by Crippen LogP contribution is -2.55. The average molecular weight is 1680 g/mol. The van der Waals surface area contributed by atoms with Gasteiger partial charge in [-0.05, 0) is 179 Å². The monoisotopic (exact) mass is 1680 g/mol. The number of para-hydroxylation sites is 15. The van der Waals surface area contributed by atoms with Crippen molar-refractivity contribution in [3.63, 3.8) is 0 Å². The number of hydrogen-bond acceptors (Lipinski definition) is 14. The summed E-state index contributed by atoms with van der Waals surface area (Å²) in [6, 6.07) is 148. The molecule has 18 heteroatoms. The molecule has 0 atom stereocenters. The second kappa shape index (κ2) is 29.2. The van der Waals surface area contributed by atoms with E-state index >= 15 is 0 Å². The molecular formula is C111H71B4N11OS2. The van der Waals surface area contributed by atoms with E-state index in [2.05, 4.69) is 427 Å². The third kappa shape index (κ3) is 11.0. The lowest BCUT2D eigenvalue weighted by Gasteiger charge is -2.36. The summed E-state index contributed by atoms with van der Waals surface area (Å²) in [5.74, 6) is 0. The zero-order valence-electron chi connectivity index (χ0n) is 69.4.